The van der Waals surface area contributed by atoms with Crippen LogP contribution >= 0.6 is 23.4 Å². The predicted molar refractivity (Wildman–Crippen MR) is 215 cm³/mol. The van der Waals surface area contributed by atoms with Crippen molar-refractivity contribution in [3.8, 4) is 11.1 Å². The third-order valence-corrected chi connectivity index (χ3v) is 11.4. The number of carbonyl (C=O) groups is 3. The van der Waals surface area contributed by atoms with E-state index < -0.39 is 24.0 Å². The Balaban J connectivity index is 1.41. The molecule has 0 saturated carbocycles. The van der Waals surface area contributed by atoms with Gasteiger partial charge in [0, 0.05) is 53.3 Å². The van der Waals surface area contributed by atoms with Gasteiger partial charge in [-0.25, -0.2) is 4.98 Å². The summed E-state index contributed by atoms with van der Waals surface area (Å²) >= 11 is 8.66. The molecule has 0 saturated heterocycles. The Morgan fingerprint density at radius 3 is 2.30 bits per heavy atom. The highest BCUT2D eigenvalue weighted by Gasteiger charge is 2.30. The molecular weight excluding hydrogens is 720 g/mol. The summed E-state index contributed by atoms with van der Waals surface area (Å²) in [5.41, 5.74) is 16.9. The van der Waals surface area contributed by atoms with Crippen molar-refractivity contribution in [2.24, 2.45) is 11.5 Å². The highest BCUT2D eigenvalue weighted by Crippen LogP contribution is 2.42. The van der Waals surface area contributed by atoms with E-state index in [1.165, 1.54) is 11.8 Å². The van der Waals surface area contributed by atoms with Crippen LogP contribution in [0, 0.1) is 0 Å². The van der Waals surface area contributed by atoms with Gasteiger partial charge in [-0.3, -0.25) is 14.4 Å². The van der Waals surface area contributed by atoms with E-state index in [-0.39, 0.29) is 24.8 Å². The van der Waals surface area contributed by atoms with Gasteiger partial charge in [-0.05, 0) is 79.6 Å². The average molecular weight is 767 g/mol. The van der Waals surface area contributed by atoms with Gasteiger partial charge in [0.15, 0.2) is 0 Å². The first-order valence-electron chi connectivity index (χ1n) is 18.4. The SMILES string of the molecule is NCCCC[C@@H]1NC(=O)[C@@H](CCCN)NCc2cccnc2Sc2c(ccc(-c3ccccc3)c2Cl)CNC(=O)[C@H](Cc2c[nH]c3ccccc23)NC1=O. The van der Waals surface area contributed by atoms with Gasteiger partial charge in [0.25, 0.3) is 0 Å². The van der Waals surface area contributed by atoms with E-state index in [0.29, 0.717) is 61.8 Å². The molecule has 0 radical (unpaired) electrons. The van der Waals surface area contributed by atoms with Crippen molar-refractivity contribution in [2.75, 3.05) is 13.1 Å². The van der Waals surface area contributed by atoms with Crippen LogP contribution in [0.4, 0.5) is 0 Å². The Morgan fingerprint density at radius 1 is 0.741 bits per heavy atom. The first-order chi connectivity index (χ1) is 26.4. The first kappa shape index (κ1) is 39.0. The number of amides is 3. The number of pyridine rings is 1. The molecule has 5 aromatic rings. The molecule has 0 aliphatic carbocycles. The van der Waals surface area contributed by atoms with Gasteiger partial charge in [-0.2, -0.15) is 0 Å². The number of fused-ring (bicyclic) bond motifs is 3. The van der Waals surface area contributed by atoms with Crippen LogP contribution in [0.25, 0.3) is 22.0 Å². The van der Waals surface area contributed by atoms with Crippen LogP contribution in [-0.2, 0) is 33.9 Å². The number of nitrogens with one attached hydrogen (secondary N) is 5. The van der Waals surface area contributed by atoms with Crippen molar-refractivity contribution in [2.45, 2.75) is 79.7 Å². The Bertz CT molecular complexity index is 2060. The number of rotatable bonds is 10. The van der Waals surface area contributed by atoms with Crippen LogP contribution in [0.1, 0.15) is 48.8 Å². The van der Waals surface area contributed by atoms with Crippen LogP contribution < -0.4 is 32.7 Å². The Hall–Kier alpha value is -4.72. The lowest BCUT2D eigenvalue weighted by molar-refractivity contribution is -0.132. The van der Waals surface area contributed by atoms with Crippen molar-refractivity contribution in [3.05, 3.63) is 113 Å². The van der Waals surface area contributed by atoms with Crippen molar-refractivity contribution in [1.29, 1.82) is 0 Å². The smallest absolute Gasteiger partial charge is 0.243 e. The van der Waals surface area contributed by atoms with Crippen LogP contribution in [0.15, 0.2) is 101 Å². The molecule has 0 spiro atoms. The van der Waals surface area contributed by atoms with E-state index in [9.17, 15) is 14.4 Å². The molecule has 54 heavy (non-hydrogen) atoms. The molecule has 282 valence electrons. The minimum atomic E-state index is -0.954. The third-order valence-electron chi connectivity index (χ3n) is 9.63. The van der Waals surface area contributed by atoms with Gasteiger partial charge >= 0.3 is 0 Å². The predicted octanol–water partition coefficient (Wildman–Crippen LogP) is 5.20. The van der Waals surface area contributed by atoms with Crippen molar-refractivity contribution >= 4 is 52.0 Å². The molecule has 2 aromatic heterocycles. The maximum absolute atomic E-state index is 14.2. The highest BCUT2D eigenvalue weighted by atomic mass is 35.5. The molecule has 6 rings (SSSR count). The summed E-state index contributed by atoms with van der Waals surface area (Å²) in [6.07, 6.45) is 6.53. The summed E-state index contributed by atoms with van der Waals surface area (Å²) in [4.78, 5) is 51.1. The molecule has 1 aliphatic heterocycles. The quantitative estimate of drug-likeness (QED) is 0.0948. The summed E-state index contributed by atoms with van der Waals surface area (Å²) in [6.45, 7) is 1.34. The molecule has 0 bridgehead atoms. The van der Waals surface area contributed by atoms with Gasteiger partial charge in [0.1, 0.15) is 17.1 Å². The number of unbranched alkanes of at least 4 members (excludes halogenated alkanes) is 1. The fourth-order valence-corrected chi connectivity index (χ4v) is 8.11. The van der Waals surface area contributed by atoms with Gasteiger partial charge in [0.2, 0.25) is 17.7 Å². The molecule has 3 heterocycles. The summed E-state index contributed by atoms with van der Waals surface area (Å²) in [7, 11) is 0. The molecule has 0 fully saturated rings. The van der Waals surface area contributed by atoms with E-state index in [2.05, 4.69) is 26.3 Å². The largest absolute Gasteiger partial charge is 0.361 e. The summed E-state index contributed by atoms with van der Waals surface area (Å²) in [6, 6.07) is 23.0. The Morgan fingerprint density at radius 2 is 1.48 bits per heavy atom. The second kappa shape index (κ2) is 19.0. The number of nitrogens with zero attached hydrogens (tertiary/aromatic N) is 1. The Kier molecular flexibility index (Phi) is 13.7. The molecule has 3 amide bonds. The molecule has 1 aliphatic rings. The number of halogens is 1. The summed E-state index contributed by atoms with van der Waals surface area (Å²) in [5, 5.41) is 14.7. The normalized spacial score (nSPS) is 18.6. The lowest BCUT2D eigenvalue weighted by Crippen LogP contribution is -2.56. The van der Waals surface area contributed by atoms with Gasteiger partial charge in [-0.1, -0.05) is 90.1 Å². The van der Waals surface area contributed by atoms with Crippen molar-refractivity contribution in [1.82, 2.24) is 31.2 Å². The van der Waals surface area contributed by atoms with E-state index in [4.69, 9.17) is 28.1 Å². The highest BCUT2D eigenvalue weighted by molar-refractivity contribution is 7.99. The number of aromatic nitrogens is 2. The summed E-state index contributed by atoms with van der Waals surface area (Å²) < 4.78 is 0. The van der Waals surface area contributed by atoms with Gasteiger partial charge in [-0.15, -0.1) is 0 Å². The molecule has 3 atom stereocenters. The van der Waals surface area contributed by atoms with E-state index >= 15 is 0 Å². The molecule has 0 unspecified atom stereocenters. The molecular formula is C41H47ClN8O3S. The third kappa shape index (κ3) is 9.68. The zero-order chi connectivity index (χ0) is 37.9. The number of carbonyl (C=O) groups excluding carboxylic acids is 3. The van der Waals surface area contributed by atoms with E-state index in [1.54, 1.807) is 6.20 Å². The average Bonchev–Trinajstić information content (AvgIpc) is 3.60. The number of benzene rings is 3. The van der Waals surface area contributed by atoms with Crippen LogP contribution in [0.5, 0.6) is 0 Å². The number of H-pyrrole nitrogens is 1. The summed E-state index contributed by atoms with van der Waals surface area (Å²) in [5.74, 6) is -1.13. The Labute approximate surface area is 324 Å². The van der Waals surface area contributed by atoms with Crippen molar-refractivity contribution in [3.63, 3.8) is 0 Å². The zero-order valence-electron chi connectivity index (χ0n) is 30.1. The van der Waals surface area contributed by atoms with Crippen LogP contribution in [0.2, 0.25) is 5.02 Å². The standard InChI is InChI=1S/C41H47ClN8O3S/c42-36-31(26-10-2-1-3-11-26)18-17-27-23-48-38(51)35(22-29-25-46-32-14-5-4-13-30(29)32)50-40(53)34(15-6-7-19-43)49-39(52)33(16-8-20-44)47-24-28-12-9-21-45-41(28)54-37(27)36/h1-5,9-14,17-18,21,25,33-35,46-47H,6-8,15-16,19-20,22-24,43-44H2,(H,48,51)(H,49,52)(H,50,53)/t33-,34+,35+/m1/s1. The molecule has 3 aromatic carbocycles. The zero-order valence-corrected chi connectivity index (χ0v) is 31.6. The minimum absolute atomic E-state index is 0.147. The second-order valence-electron chi connectivity index (χ2n) is 13.4. The fraction of sp³-hybridized carbons (Fsp3) is 0.317. The molecule has 13 heteroatoms. The van der Waals surface area contributed by atoms with E-state index in [0.717, 1.165) is 43.6 Å². The number of hydrogen-bond acceptors (Lipinski definition) is 8. The lowest BCUT2D eigenvalue weighted by Gasteiger charge is -2.25. The van der Waals surface area contributed by atoms with Gasteiger partial charge < -0.3 is 37.7 Å². The first-order valence-corrected chi connectivity index (χ1v) is 19.6. The van der Waals surface area contributed by atoms with E-state index in [1.807, 2.05) is 85.1 Å². The van der Waals surface area contributed by atoms with Crippen LogP contribution in [0.3, 0.4) is 0 Å². The molecule has 11 nitrogen and oxygen atoms in total. The maximum atomic E-state index is 14.2. The number of hydrogen-bond donors (Lipinski definition) is 7. The second-order valence-corrected chi connectivity index (χ2v) is 14.8. The maximum Gasteiger partial charge on any atom is 0.243 e. The molecule has 9 N–H and O–H groups in total. The fourth-order valence-electron chi connectivity index (χ4n) is 6.66. The van der Waals surface area contributed by atoms with Crippen molar-refractivity contribution < 1.29 is 14.4 Å². The minimum Gasteiger partial charge on any atom is -0.361 e. The number of para-hydroxylation sites is 1. The van der Waals surface area contributed by atoms with Crippen LogP contribution in [-0.4, -0.2) is 58.9 Å². The van der Waals surface area contributed by atoms with Gasteiger partial charge in [0.05, 0.1) is 11.1 Å². The number of nitrogens with two attached hydrogens (primary N) is 2. The lowest BCUT2D eigenvalue weighted by atomic mass is 10.0. The number of aromatic amines is 1. The topological polar surface area (TPSA) is 180 Å². The monoisotopic (exact) mass is 766 g/mol.